The Morgan fingerprint density at radius 3 is 2.85 bits per heavy atom. The van der Waals surface area contributed by atoms with Gasteiger partial charge in [-0.25, -0.2) is 9.78 Å². The third kappa shape index (κ3) is 3.93. The molecule has 1 fully saturated rings. The van der Waals surface area contributed by atoms with E-state index in [4.69, 9.17) is 0 Å². The van der Waals surface area contributed by atoms with Gasteiger partial charge in [-0.05, 0) is 50.1 Å². The monoisotopic (exact) mass is 477 g/mol. The summed E-state index contributed by atoms with van der Waals surface area (Å²) in [7, 11) is 0. The second kappa shape index (κ2) is 8.21. The van der Waals surface area contributed by atoms with Gasteiger partial charge in [0.25, 0.3) is 0 Å². The van der Waals surface area contributed by atoms with Crippen LogP contribution >= 0.6 is 11.8 Å². The second-order valence-electron chi connectivity index (χ2n) is 8.40. The van der Waals surface area contributed by atoms with E-state index in [1.807, 2.05) is 0 Å². The molecule has 0 radical (unpaired) electrons. The average molecular weight is 478 g/mol. The highest BCUT2D eigenvalue weighted by Crippen LogP contribution is 2.51. The van der Waals surface area contributed by atoms with Gasteiger partial charge in [0.05, 0.1) is 23.0 Å². The topological polar surface area (TPSA) is 86.4 Å². The summed E-state index contributed by atoms with van der Waals surface area (Å²) in [5.74, 6) is -0.189. The number of rotatable bonds is 3. The van der Waals surface area contributed by atoms with Crippen LogP contribution in [-0.4, -0.2) is 41.3 Å². The molecule has 2 unspecified atom stereocenters. The summed E-state index contributed by atoms with van der Waals surface area (Å²) < 4.78 is 40.4. The first-order chi connectivity index (χ1) is 15.7. The molecule has 3 aliphatic rings. The second-order valence-corrected chi connectivity index (χ2v) is 9.53. The van der Waals surface area contributed by atoms with Gasteiger partial charge in [-0.15, -0.1) is 0 Å². The van der Waals surface area contributed by atoms with Crippen molar-refractivity contribution < 1.29 is 22.8 Å². The van der Waals surface area contributed by atoms with Gasteiger partial charge in [0.1, 0.15) is 10.3 Å². The number of nitrogens with one attached hydrogen (secondary N) is 3. The van der Waals surface area contributed by atoms with Gasteiger partial charge in [0, 0.05) is 24.3 Å². The van der Waals surface area contributed by atoms with E-state index in [1.54, 1.807) is 6.07 Å². The molecule has 1 saturated heterocycles. The predicted molar refractivity (Wildman–Crippen MR) is 118 cm³/mol. The van der Waals surface area contributed by atoms with Crippen LogP contribution in [0.3, 0.4) is 0 Å². The van der Waals surface area contributed by atoms with Crippen LogP contribution in [0, 0.1) is 6.92 Å². The van der Waals surface area contributed by atoms with Crippen molar-refractivity contribution in [2.24, 2.45) is 0 Å². The Kier molecular flexibility index (Phi) is 5.48. The number of alkyl halides is 3. The third-order valence-electron chi connectivity index (χ3n) is 6.19. The smallest absolute Gasteiger partial charge is 0.351 e. The van der Waals surface area contributed by atoms with Crippen molar-refractivity contribution in [1.29, 1.82) is 0 Å². The number of aromatic nitrogens is 1. The highest BCUT2D eigenvalue weighted by molar-refractivity contribution is 8.01. The van der Waals surface area contributed by atoms with Gasteiger partial charge in [0.2, 0.25) is 5.91 Å². The van der Waals surface area contributed by atoms with Crippen molar-refractivity contribution in [3.63, 3.8) is 0 Å². The molecule has 7 nitrogen and oxygen atoms in total. The molecule has 3 aliphatic heterocycles. The fourth-order valence-corrected chi connectivity index (χ4v) is 5.83. The zero-order chi connectivity index (χ0) is 23.3. The molecule has 3 amide bonds. The molecule has 2 aromatic rings. The number of urea groups is 1. The lowest BCUT2D eigenvalue weighted by Gasteiger charge is -2.35. The quantitative estimate of drug-likeness (QED) is 0.628. The van der Waals surface area contributed by atoms with Crippen LogP contribution in [0.4, 0.5) is 29.3 Å². The molecule has 174 valence electrons. The number of thioether (sulfide) groups is 1. The van der Waals surface area contributed by atoms with Crippen molar-refractivity contribution >= 4 is 35.1 Å². The van der Waals surface area contributed by atoms with Gasteiger partial charge in [-0.1, -0.05) is 17.8 Å². The zero-order valence-corrected chi connectivity index (χ0v) is 18.5. The number of pyridine rings is 1. The van der Waals surface area contributed by atoms with Crippen molar-refractivity contribution in [3.8, 4) is 0 Å². The summed E-state index contributed by atoms with van der Waals surface area (Å²) in [6.45, 7) is 3.00. The first kappa shape index (κ1) is 22.0. The summed E-state index contributed by atoms with van der Waals surface area (Å²) >= 11 is 1.26. The van der Waals surface area contributed by atoms with Crippen LogP contribution in [0.15, 0.2) is 35.5 Å². The number of anilines is 2. The van der Waals surface area contributed by atoms with Gasteiger partial charge >= 0.3 is 12.2 Å². The average Bonchev–Trinajstić information content (AvgIpc) is 3.14. The Morgan fingerprint density at radius 1 is 1.30 bits per heavy atom. The van der Waals surface area contributed by atoms with E-state index in [-0.39, 0.29) is 23.2 Å². The lowest BCUT2D eigenvalue weighted by atomic mass is 9.98. The van der Waals surface area contributed by atoms with E-state index in [2.05, 4.69) is 20.9 Å². The number of carbonyl (C=O) groups is 2. The maximum Gasteiger partial charge on any atom is 0.416 e. The van der Waals surface area contributed by atoms with Crippen LogP contribution in [-0.2, 0) is 11.0 Å². The van der Waals surface area contributed by atoms with Gasteiger partial charge in [-0.2, -0.15) is 13.2 Å². The van der Waals surface area contributed by atoms with E-state index >= 15 is 0 Å². The lowest BCUT2D eigenvalue weighted by Crippen LogP contribution is -2.52. The molecule has 0 aliphatic carbocycles. The number of hydrogen-bond donors (Lipinski definition) is 3. The highest BCUT2D eigenvalue weighted by atomic mass is 32.2. The van der Waals surface area contributed by atoms with Crippen LogP contribution < -0.4 is 20.9 Å². The molecule has 4 heterocycles. The Balaban J connectivity index is 1.48. The van der Waals surface area contributed by atoms with Crippen LogP contribution in [0.25, 0.3) is 0 Å². The number of hydrogen-bond acceptors (Lipinski definition) is 5. The van der Waals surface area contributed by atoms with Gasteiger partial charge in [-0.3, -0.25) is 9.69 Å². The number of nitrogens with zero attached hydrogens (tertiary/aromatic N) is 2. The molecule has 0 bridgehead atoms. The summed E-state index contributed by atoms with van der Waals surface area (Å²) in [5.41, 5.74) is 0.466. The lowest BCUT2D eigenvalue weighted by molar-refractivity contribution is -0.138. The fourth-order valence-electron chi connectivity index (χ4n) is 4.59. The molecule has 1 aromatic heterocycles. The fraction of sp³-hybridized carbons (Fsp3) is 0.409. The summed E-state index contributed by atoms with van der Waals surface area (Å²) in [6, 6.07) is 4.24. The largest absolute Gasteiger partial charge is 0.416 e. The minimum Gasteiger partial charge on any atom is -0.351 e. The molecule has 0 spiro atoms. The normalized spacial score (nSPS) is 24.3. The maximum absolute atomic E-state index is 13.5. The number of halogens is 3. The molecular formula is C22H22F3N5O2S. The molecule has 3 N–H and O–H groups in total. The number of carbonyl (C=O) groups excluding carboxylic acids is 2. The van der Waals surface area contributed by atoms with Crippen molar-refractivity contribution in [2.75, 3.05) is 18.0 Å². The van der Waals surface area contributed by atoms with Crippen molar-refractivity contribution in [3.05, 3.63) is 47.2 Å². The van der Waals surface area contributed by atoms with E-state index in [1.165, 1.54) is 41.9 Å². The number of benzene rings is 1. The Labute approximate surface area is 192 Å². The first-order valence-corrected chi connectivity index (χ1v) is 11.6. The first-order valence-electron chi connectivity index (χ1n) is 10.7. The predicted octanol–water partition coefficient (Wildman–Crippen LogP) is 3.65. The minimum absolute atomic E-state index is 0.0205. The molecule has 5 rings (SSSR count). The highest BCUT2D eigenvalue weighted by Gasteiger charge is 2.47. The molecule has 0 saturated carbocycles. The Bertz CT molecular complexity index is 1120. The number of amides is 3. The molecule has 11 heteroatoms. The molecular weight excluding hydrogens is 455 g/mol. The van der Waals surface area contributed by atoms with E-state index in [9.17, 15) is 22.8 Å². The molecule has 3 atom stereocenters. The van der Waals surface area contributed by atoms with Gasteiger partial charge < -0.3 is 16.0 Å². The van der Waals surface area contributed by atoms with Gasteiger partial charge in [0.15, 0.2) is 0 Å². The van der Waals surface area contributed by atoms with Crippen molar-refractivity contribution in [1.82, 2.24) is 20.9 Å². The SMILES string of the molecule is Cc1ccc(N2C(=O)NC3c4c2ccnc4S[C@H]3C(=O)NC2CCCNC2)cc1C(F)(F)F. The Hall–Kier alpha value is -2.79. The summed E-state index contributed by atoms with van der Waals surface area (Å²) in [4.78, 5) is 31.8. The van der Waals surface area contributed by atoms with Crippen LogP contribution in [0.2, 0.25) is 0 Å². The zero-order valence-electron chi connectivity index (χ0n) is 17.7. The molecule has 1 aromatic carbocycles. The third-order valence-corrected chi connectivity index (χ3v) is 7.48. The standard InChI is InChI=1S/C22H22F3N5O2S/c1-11-4-5-13(9-14(11)22(23,24)25)30-15-6-8-27-20-16(15)17(29-21(30)32)18(33-20)19(31)28-12-3-2-7-26-10-12/h4-6,8-9,12,17-18,26H,2-3,7,10H2,1H3,(H,28,31)(H,29,32)/t12?,17?,18-/m1/s1. The number of piperidine rings is 1. The molecule has 33 heavy (non-hydrogen) atoms. The van der Waals surface area contributed by atoms with Crippen LogP contribution in [0.1, 0.15) is 35.6 Å². The van der Waals surface area contributed by atoms with Crippen molar-refractivity contribution in [2.45, 2.75) is 48.3 Å². The van der Waals surface area contributed by atoms with E-state index in [0.29, 0.717) is 22.8 Å². The summed E-state index contributed by atoms with van der Waals surface area (Å²) in [5, 5.41) is 9.12. The van der Waals surface area contributed by atoms with Crippen LogP contribution in [0.5, 0.6) is 0 Å². The van der Waals surface area contributed by atoms with E-state index < -0.39 is 29.1 Å². The summed E-state index contributed by atoms with van der Waals surface area (Å²) in [6.07, 6.45) is -1.18. The maximum atomic E-state index is 13.5. The number of aryl methyl sites for hydroxylation is 1. The van der Waals surface area contributed by atoms with E-state index in [0.717, 1.165) is 25.5 Å². The minimum atomic E-state index is -4.54. The Morgan fingerprint density at radius 2 is 2.12 bits per heavy atom.